The highest BCUT2D eigenvalue weighted by Crippen LogP contribution is 2.05. The minimum atomic E-state index is -0.438. The largest absolute Gasteiger partial charge is 0.271 e. The van der Waals surface area contributed by atoms with Gasteiger partial charge in [-0.1, -0.05) is 12.1 Å². The van der Waals surface area contributed by atoms with Crippen LogP contribution in [0.5, 0.6) is 0 Å². The molecule has 102 valence electrons. The van der Waals surface area contributed by atoms with Gasteiger partial charge in [-0.3, -0.25) is 4.79 Å². The Kier molecular flexibility index (Phi) is 4.20. The Hall–Kier alpha value is -2.56. The van der Waals surface area contributed by atoms with Gasteiger partial charge in [0.25, 0.3) is 5.91 Å². The molecular weight excluding hydrogens is 262 g/mol. The number of nitrogens with zero attached hydrogens (tertiary/aromatic N) is 1. The molecule has 5 heteroatoms. The molecule has 2 rings (SSSR count). The number of hydrogen-bond donors (Lipinski definition) is 1. The standard InChI is InChI=1S/C15H12F2N2O/c1-10(11-2-6-13(16)7-3-11)18-19-15(20)12-4-8-14(17)9-5-12/h2-9H,1H3,(H,19,20)/b18-10-. The minimum Gasteiger partial charge on any atom is -0.267 e. The van der Waals surface area contributed by atoms with Gasteiger partial charge >= 0.3 is 0 Å². The lowest BCUT2D eigenvalue weighted by Crippen LogP contribution is -2.19. The fourth-order valence-corrected chi connectivity index (χ4v) is 1.56. The monoisotopic (exact) mass is 274 g/mol. The van der Waals surface area contributed by atoms with E-state index in [2.05, 4.69) is 10.5 Å². The first-order valence-electron chi connectivity index (χ1n) is 5.92. The van der Waals surface area contributed by atoms with E-state index in [-0.39, 0.29) is 5.82 Å². The van der Waals surface area contributed by atoms with E-state index >= 15 is 0 Å². The zero-order valence-corrected chi connectivity index (χ0v) is 10.7. The van der Waals surface area contributed by atoms with E-state index in [1.807, 2.05) is 0 Å². The molecule has 0 aliphatic carbocycles. The molecule has 1 N–H and O–H groups in total. The predicted molar refractivity (Wildman–Crippen MR) is 72.5 cm³/mol. The first-order chi connectivity index (χ1) is 9.56. The van der Waals surface area contributed by atoms with Crippen molar-refractivity contribution in [1.82, 2.24) is 5.43 Å². The summed E-state index contributed by atoms with van der Waals surface area (Å²) < 4.78 is 25.5. The third kappa shape index (κ3) is 3.47. The minimum absolute atomic E-state index is 0.307. The predicted octanol–water partition coefficient (Wildman–Crippen LogP) is 3.12. The van der Waals surface area contributed by atoms with Gasteiger partial charge in [0.05, 0.1) is 5.71 Å². The summed E-state index contributed by atoms with van der Waals surface area (Å²) >= 11 is 0. The average Bonchev–Trinajstić information content (AvgIpc) is 2.46. The Morgan fingerprint density at radius 2 is 1.35 bits per heavy atom. The van der Waals surface area contributed by atoms with Crippen molar-refractivity contribution in [3.05, 3.63) is 71.3 Å². The SMILES string of the molecule is C/C(=N/NC(=O)c1ccc(F)cc1)c1ccc(F)cc1. The molecule has 0 spiro atoms. The van der Waals surface area contributed by atoms with E-state index in [4.69, 9.17) is 0 Å². The summed E-state index contributed by atoms with van der Waals surface area (Å²) in [6, 6.07) is 10.9. The smallest absolute Gasteiger partial charge is 0.267 e. The van der Waals surface area contributed by atoms with E-state index in [9.17, 15) is 13.6 Å². The zero-order chi connectivity index (χ0) is 14.5. The van der Waals surface area contributed by atoms with Crippen LogP contribution in [0.3, 0.4) is 0 Å². The fraction of sp³-hybridized carbons (Fsp3) is 0.0667. The van der Waals surface area contributed by atoms with Crippen molar-refractivity contribution < 1.29 is 13.6 Å². The van der Waals surface area contributed by atoms with E-state index in [1.54, 1.807) is 19.1 Å². The van der Waals surface area contributed by atoms with Crippen LogP contribution >= 0.6 is 0 Å². The molecule has 0 saturated heterocycles. The molecule has 0 heterocycles. The second-order valence-electron chi connectivity index (χ2n) is 4.15. The summed E-state index contributed by atoms with van der Waals surface area (Å²) in [5.74, 6) is -1.18. The molecule has 0 aliphatic rings. The molecule has 2 aromatic carbocycles. The van der Waals surface area contributed by atoms with Crippen LogP contribution in [0.25, 0.3) is 0 Å². The van der Waals surface area contributed by atoms with Crippen molar-refractivity contribution >= 4 is 11.6 Å². The maximum atomic E-state index is 12.8. The molecule has 2 aromatic rings. The molecule has 0 fully saturated rings. The average molecular weight is 274 g/mol. The summed E-state index contributed by atoms with van der Waals surface area (Å²) in [6.07, 6.45) is 0. The summed E-state index contributed by atoms with van der Waals surface area (Å²) in [6.45, 7) is 1.69. The van der Waals surface area contributed by atoms with Gasteiger partial charge in [-0.25, -0.2) is 14.2 Å². The van der Waals surface area contributed by atoms with Crippen LogP contribution in [-0.2, 0) is 0 Å². The van der Waals surface area contributed by atoms with Gasteiger partial charge in [-0.05, 0) is 48.9 Å². The summed E-state index contributed by atoms with van der Waals surface area (Å²) in [7, 11) is 0. The molecule has 0 aromatic heterocycles. The third-order valence-corrected chi connectivity index (χ3v) is 2.69. The van der Waals surface area contributed by atoms with Gasteiger partial charge in [0, 0.05) is 5.56 Å². The Morgan fingerprint density at radius 3 is 1.85 bits per heavy atom. The molecule has 0 radical (unpaired) electrons. The van der Waals surface area contributed by atoms with Crippen molar-refractivity contribution in [3.63, 3.8) is 0 Å². The van der Waals surface area contributed by atoms with Crippen LogP contribution in [0.1, 0.15) is 22.8 Å². The zero-order valence-electron chi connectivity index (χ0n) is 10.7. The fourth-order valence-electron chi connectivity index (χ4n) is 1.56. The normalized spacial score (nSPS) is 11.2. The molecule has 3 nitrogen and oxygen atoms in total. The molecule has 0 saturated carbocycles. The van der Waals surface area contributed by atoms with Gasteiger partial charge in [-0.2, -0.15) is 5.10 Å². The van der Waals surface area contributed by atoms with Crippen LogP contribution in [-0.4, -0.2) is 11.6 Å². The highest BCUT2D eigenvalue weighted by Gasteiger charge is 2.05. The second-order valence-corrected chi connectivity index (χ2v) is 4.15. The summed E-state index contributed by atoms with van der Waals surface area (Å²) in [5, 5.41) is 3.92. The number of benzene rings is 2. The Labute approximate surface area is 114 Å². The first-order valence-corrected chi connectivity index (χ1v) is 5.92. The Bertz CT molecular complexity index is 634. The molecule has 1 amide bonds. The van der Waals surface area contributed by atoms with Crippen LogP contribution < -0.4 is 5.43 Å². The van der Waals surface area contributed by atoms with E-state index in [0.717, 1.165) is 0 Å². The van der Waals surface area contributed by atoms with Gasteiger partial charge in [0.2, 0.25) is 0 Å². The molecule has 0 unspecified atom stereocenters. The van der Waals surface area contributed by atoms with Gasteiger partial charge in [0.15, 0.2) is 0 Å². The van der Waals surface area contributed by atoms with Crippen LogP contribution in [0.2, 0.25) is 0 Å². The Morgan fingerprint density at radius 1 is 0.900 bits per heavy atom. The Balaban J connectivity index is 2.06. The number of hydrogen-bond acceptors (Lipinski definition) is 2. The maximum Gasteiger partial charge on any atom is 0.271 e. The topological polar surface area (TPSA) is 41.5 Å². The number of rotatable bonds is 3. The third-order valence-electron chi connectivity index (χ3n) is 2.69. The van der Waals surface area contributed by atoms with Crippen molar-refractivity contribution in [3.8, 4) is 0 Å². The van der Waals surface area contributed by atoms with E-state index < -0.39 is 11.7 Å². The van der Waals surface area contributed by atoms with Crippen LogP contribution in [0, 0.1) is 11.6 Å². The highest BCUT2D eigenvalue weighted by atomic mass is 19.1. The molecular formula is C15H12F2N2O. The van der Waals surface area contributed by atoms with Gasteiger partial charge < -0.3 is 0 Å². The number of carbonyl (C=O) groups excluding carboxylic acids is 1. The number of hydrazone groups is 1. The van der Waals surface area contributed by atoms with E-state index in [1.165, 1.54) is 36.4 Å². The molecule has 20 heavy (non-hydrogen) atoms. The van der Waals surface area contributed by atoms with Gasteiger partial charge in [0.1, 0.15) is 11.6 Å². The molecule has 0 aliphatic heterocycles. The first kappa shape index (κ1) is 13.9. The maximum absolute atomic E-state index is 12.8. The number of carbonyl (C=O) groups is 1. The lowest BCUT2D eigenvalue weighted by molar-refractivity contribution is 0.0955. The molecule has 0 atom stereocenters. The lowest BCUT2D eigenvalue weighted by Gasteiger charge is -2.03. The summed E-state index contributed by atoms with van der Waals surface area (Å²) in [4.78, 5) is 11.7. The number of amides is 1. The van der Waals surface area contributed by atoms with Crippen molar-refractivity contribution in [2.75, 3.05) is 0 Å². The second kappa shape index (κ2) is 6.06. The highest BCUT2D eigenvalue weighted by molar-refractivity contribution is 6.00. The van der Waals surface area contributed by atoms with Crippen molar-refractivity contribution in [2.24, 2.45) is 5.10 Å². The van der Waals surface area contributed by atoms with Crippen molar-refractivity contribution in [2.45, 2.75) is 6.92 Å². The van der Waals surface area contributed by atoms with Crippen LogP contribution in [0.15, 0.2) is 53.6 Å². The van der Waals surface area contributed by atoms with Crippen molar-refractivity contribution in [1.29, 1.82) is 0 Å². The quantitative estimate of drug-likeness (QED) is 0.678. The number of halogens is 2. The lowest BCUT2D eigenvalue weighted by atomic mass is 10.1. The van der Waals surface area contributed by atoms with Crippen LogP contribution in [0.4, 0.5) is 8.78 Å². The summed E-state index contributed by atoms with van der Waals surface area (Å²) in [5.41, 5.74) is 3.91. The number of nitrogens with one attached hydrogen (secondary N) is 1. The van der Waals surface area contributed by atoms with Gasteiger partial charge in [-0.15, -0.1) is 0 Å². The molecule has 0 bridgehead atoms. The van der Waals surface area contributed by atoms with E-state index in [0.29, 0.717) is 16.8 Å².